The second kappa shape index (κ2) is 7.99. The molecule has 3 aromatic rings. The fourth-order valence-corrected chi connectivity index (χ4v) is 4.01. The van der Waals surface area contributed by atoms with Crippen molar-refractivity contribution in [3.05, 3.63) is 63.9 Å². The number of nitrogens with two attached hydrogens (primary N) is 1. The van der Waals surface area contributed by atoms with Crippen LogP contribution in [0.4, 0.5) is 10.1 Å². The van der Waals surface area contributed by atoms with Crippen LogP contribution in [-0.4, -0.2) is 34.0 Å². The van der Waals surface area contributed by atoms with Crippen molar-refractivity contribution in [2.24, 2.45) is 5.73 Å². The van der Waals surface area contributed by atoms with Crippen LogP contribution in [0, 0.1) is 0 Å². The molecule has 4 rings (SSSR count). The predicted octanol–water partition coefficient (Wildman–Crippen LogP) is 2.44. The van der Waals surface area contributed by atoms with Crippen molar-refractivity contribution < 1.29 is 9.13 Å². The Morgan fingerprint density at radius 2 is 2.29 bits per heavy atom. The molecule has 0 unspecified atom stereocenters. The lowest BCUT2D eigenvalue weighted by Gasteiger charge is -2.19. The molecule has 0 fully saturated rings. The molecule has 0 radical (unpaired) electrons. The van der Waals surface area contributed by atoms with Crippen molar-refractivity contribution in [2.45, 2.75) is 13.1 Å². The van der Waals surface area contributed by atoms with Crippen LogP contribution in [0.25, 0.3) is 10.4 Å². The summed E-state index contributed by atoms with van der Waals surface area (Å²) in [5.41, 5.74) is 7.55. The van der Waals surface area contributed by atoms with Gasteiger partial charge in [-0.25, -0.2) is 13.9 Å². The Labute approximate surface area is 164 Å². The predicted molar refractivity (Wildman–Crippen MR) is 108 cm³/mol. The number of hydrogen-bond donors (Lipinski definition) is 2. The molecule has 0 atom stereocenters. The average Bonchev–Trinajstić information content (AvgIpc) is 3.33. The molecule has 3 heterocycles. The van der Waals surface area contributed by atoms with Gasteiger partial charge in [0.25, 0.3) is 0 Å². The van der Waals surface area contributed by atoms with E-state index in [9.17, 15) is 9.18 Å². The third-order valence-electron chi connectivity index (χ3n) is 4.49. The first-order valence-corrected chi connectivity index (χ1v) is 9.70. The Bertz CT molecular complexity index is 1070. The molecule has 9 heteroatoms. The average molecular weight is 401 g/mol. The highest BCUT2D eigenvalue weighted by molar-refractivity contribution is 7.15. The van der Waals surface area contributed by atoms with Crippen molar-refractivity contribution >= 4 is 17.0 Å². The zero-order valence-electron chi connectivity index (χ0n) is 15.1. The van der Waals surface area contributed by atoms with E-state index in [2.05, 4.69) is 16.5 Å². The van der Waals surface area contributed by atoms with Gasteiger partial charge in [-0.2, -0.15) is 5.10 Å². The summed E-state index contributed by atoms with van der Waals surface area (Å²) in [6.45, 7) is 1.98. The van der Waals surface area contributed by atoms with Gasteiger partial charge in [-0.1, -0.05) is 0 Å². The number of benzene rings is 1. The van der Waals surface area contributed by atoms with Gasteiger partial charge in [0.2, 0.25) is 0 Å². The minimum atomic E-state index is -0.294. The summed E-state index contributed by atoms with van der Waals surface area (Å²) < 4.78 is 21.0. The van der Waals surface area contributed by atoms with E-state index < -0.39 is 0 Å². The van der Waals surface area contributed by atoms with Crippen LogP contribution in [0.1, 0.15) is 4.88 Å². The standard InChI is InChI=1S/C19H20FN5O2S/c20-8-13(9-21)10-25-19(26)24(12-23-25)11-15-2-4-18(28-15)14-1-3-17-16(7-14)22-5-6-27-17/h1-4,7-8,12,22H,5-6,9-11,21H2/b13-8-. The first-order valence-electron chi connectivity index (χ1n) is 8.88. The van der Waals surface area contributed by atoms with Crippen LogP contribution in [-0.2, 0) is 13.1 Å². The molecule has 0 bridgehead atoms. The maximum absolute atomic E-state index is 12.7. The number of thiophene rings is 1. The molecular formula is C19H20FN5O2S. The van der Waals surface area contributed by atoms with Gasteiger partial charge >= 0.3 is 5.69 Å². The van der Waals surface area contributed by atoms with Crippen molar-refractivity contribution in [3.8, 4) is 16.2 Å². The zero-order chi connectivity index (χ0) is 19.5. The van der Waals surface area contributed by atoms with E-state index in [0.29, 0.717) is 25.1 Å². The largest absolute Gasteiger partial charge is 0.490 e. The van der Waals surface area contributed by atoms with Crippen molar-refractivity contribution in [1.29, 1.82) is 0 Å². The molecule has 3 N–H and O–H groups in total. The number of nitrogens with one attached hydrogen (secondary N) is 1. The van der Waals surface area contributed by atoms with E-state index in [4.69, 9.17) is 10.5 Å². The number of rotatable bonds is 6. The number of anilines is 1. The third-order valence-corrected chi connectivity index (χ3v) is 5.61. The molecule has 146 valence electrons. The van der Waals surface area contributed by atoms with Gasteiger partial charge < -0.3 is 15.8 Å². The molecule has 0 saturated heterocycles. The summed E-state index contributed by atoms with van der Waals surface area (Å²) in [5, 5.41) is 7.39. The molecular weight excluding hydrogens is 381 g/mol. The lowest BCUT2D eigenvalue weighted by Crippen LogP contribution is -2.26. The van der Waals surface area contributed by atoms with Crippen molar-refractivity contribution in [3.63, 3.8) is 0 Å². The quantitative estimate of drug-likeness (QED) is 0.663. The van der Waals surface area contributed by atoms with Gasteiger partial charge in [0.05, 0.1) is 25.1 Å². The molecule has 28 heavy (non-hydrogen) atoms. The number of nitrogens with zero attached hydrogens (tertiary/aromatic N) is 3. The summed E-state index contributed by atoms with van der Waals surface area (Å²) in [4.78, 5) is 14.6. The first-order chi connectivity index (χ1) is 13.7. The van der Waals surface area contributed by atoms with Gasteiger partial charge in [-0.15, -0.1) is 11.3 Å². The summed E-state index contributed by atoms with van der Waals surface area (Å²) in [6, 6.07) is 10.1. The van der Waals surface area contributed by atoms with E-state index in [0.717, 1.165) is 33.3 Å². The van der Waals surface area contributed by atoms with Crippen LogP contribution in [0.15, 0.2) is 53.4 Å². The van der Waals surface area contributed by atoms with E-state index in [1.165, 1.54) is 15.6 Å². The van der Waals surface area contributed by atoms with Gasteiger partial charge in [0.15, 0.2) is 0 Å². The summed E-state index contributed by atoms with van der Waals surface area (Å²) >= 11 is 1.62. The molecule has 1 aliphatic heterocycles. The minimum absolute atomic E-state index is 0.0464. The molecule has 0 aliphatic carbocycles. The lowest BCUT2D eigenvalue weighted by atomic mass is 10.1. The topological polar surface area (TPSA) is 87.1 Å². The van der Waals surface area contributed by atoms with Gasteiger partial charge in [0, 0.05) is 22.8 Å². The second-order valence-electron chi connectivity index (χ2n) is 6.42. The Hall–Kier alpha value is -2.91. The smallest absolute Gasteiger partial charge is 0.346 e. The van der Waals surface area contributed by atoms with E-state index in [1.54, 1.807) is 11.3 Å². The third kappa shape index (κ3) is 3.71. The highest BCUT2D eigenvalue weighted by atomic mass is 32.1. The zero-order valence-corrected chi connectivity index (χ0v) is 15.9. The van der Waals surface area contributed by atoms with Crippen LogP contribution in [0.3, 0.4) is 0 Å². The maximum Gasteiger partial charge on any atom is 0.346 e. The second-order valence-corrected chi connectivity index (χ2v) is 7.59. The molecule has 2 aromatic heterocycles. The van der Waals surface area contributed by atoms with Crippen LogP contribution < -0.4 is 21.5 Å². The summed E-state index contributed by atoms with van der Waals surface area (Å²) in [5.74, 6) is 0.866. The Morgan fingerprint density at radius 1 is 1.39 bits per heavy atom. The molecule has 0 amide bonds. The lowest BCUT2D eigenvalue weighted by molar-refractivity contribution is 0.323. The Kier molecular flexibility index (Phi) is 5.27. The monoisotopic (exact) mass is 401 g/mol. The van der Waals surface area contributed by atoms with Crippen molar-refractivity contribution in [1.82, 2.24) is 14.3 Å². The van der Waals surface area contributed by atoms with Crippen molar-refractivity contribution in [2.75, 3.05) is 25.0 Å². The molecule has 0 spiro atoms. The minimum Gasteiger partial charge on any atom is -0.490 e. The van der Waals surface area contributed by atoms with E-state index in [-0.39, 0.29) is 18.8 Å². The number of aromatic nitrogens is 3. The van der Waals surface area contributed by atoms with Crippen LogP contribution in [0.5, 0.6) is 5.75 Å². The van der Waals surface area contributed by atoms with Gasteiger partial charge in [0.1, 0.15) is 18.7 Å². The molecule has 0 saturated carbocycles. The normalized spacial score (nSPS) is 13.7. The van der Waals surface area contributed by atoms with Crippen LogP contribution >= 0.6 is 11.3 Å². The molecule has 1 aromatic carbocycles. The first kappa shape index (κ1) is 18.5. The van der Waals surface area contributed by atoms with Gasteiger partial charge in [-0.3, -0.25) is 4.57 Å². The Morgan fingerprint density at radius 3 is 3.11 bits per heavy atom. The fourth-order valence-electron chi connectivity index (χ4n) is 3.00. The summed E-state index contributed by atoms with van der Waals surface area (Å²) in [7, 11) is 0. The maximum atomic E-state index is 12.7. The number of hydrogen-bond acceptors (Lipinski definition) is 6. The molecule has 7 nitrogen and oxygen atoms in total. The van der Waals surface area contributed by atoms with E-state index in [1.807, 2.05) is 24.3 Å². The van der Waals surface area contributed by atoms with Crippen LogP contribution in [0.2, 0.25) is 0 Å². The van der Waals surface area contributed by atoms with E-state index >= 15 is 0 Å². The number of ether oxygens (including phenoxy) is 1. The molecule has 1 aliphatic rings. The number of fused-ring (bicyclic) bond motifs is 1. The highest BCUT2D eigenvalue weighted by Crippen LogP contribution is 2.35. The number of halogens is 1. The fraction of sp³-hybridized carbons (Fsp3) is 0.263. The highest BCUT2D eigenvalue weighted by Gasteiger charge is 2.13. The summed E-state index contributed by atoms with van der Waals surface area (Å²) in [6.07, 6.45) is 1.89. The van der Waals surface area contributed by atoms with Gasteiger partial charge in [-0.05, 0) is 41.5 Å². The Balaban J connectivity index is 1.51. The SMILES string of the molecule is NC/C(=C/F)Cn1ncn(Cc2ccc(-c3ccc4c(c3)NCCO4)s2)c1=O.